The maximum absolute atomic E-state index is 5.78. The fourth-order valence-corrected chi connectivity index (χ4v) is 1.74. The molecule has 0 saturated carbocycles. The molecule has 0 saturated heterocycles. The van der Waals surface area contributed by atoms with Gasteiger partial charge in [-0.25, -0.2) is 0 Å². The minimum Gasteiger partial charge on any atom is -0.472 e. The van der Waals surface area contributed by atoms with E-state index in [1.807, 2.05) is 18.2 Å². The zero-order valence-electron chi connectivity index (χ0n) is 7.64. The Kier molecular flexibility index (Phi) is 2.72. The average molecular weight is 262 g/mol. The quantitative estimate of drug-likeness (QED) is 0.674. The Balaban J connectivity index is 2.51. The Hall–Kier alpha value is -0.630. The van der Waals surface area contributed by atoms with Crippen molar-refractivity contribution in [2.24, 2.45) is 0 Å². The van der Waals surface area contributed by atoms with Gasteiger partial charge in [0.25, 0.3) is 0 Å². The van der Waals surface area contributed by atoms with Crippen LogP contribution in [0.25, 0.3) is 16.7 Å². The molecule has 0 aromatic carbocycles. The molecule has 15 heavy (non-hydrogen) atoms. The molecule has 0 radical (unpaired) electrons. The molecule has 1 heterocycles. The second-order valence-corrected chi connectivity index (χ2v) is 5.43. The van der Waals surface area contributed by atoms with E-state index in [9.17, 15) is 0 Å². The summed E-state index contributed by atoms with van der Waals surface area (Å²) in [6, 6.07) is 5.59. The number of hydrogen-bond donors (Lipinski definition) is 0. The summed E-state index contributed by atoms with van der Waals surface area (Å²) in [5, 5.41) is 0. The standard InChI is InChI=1S/C11H7Cl3O/c1-7(11(12,13)14)9-3-2-8-6-15-5-4-10(8)9/h2-6H,1H2. The second kappa shape index (κ2) is 3.75. The van der Waals surface area contributed by atoms with Gasteiger partial charge >= 0.3 is 0 Å². The summed E-state index contributed by atoms with van der Waals surface area (Å²) < 4.78 is 3.56. The van der Waals surface area contributed by atoms with Gasteiger partial charge in [-0.15, -0.1) is 0 Å². The molecule has 1 aliphatic heterocycles. The van der Waals surface area contributed by atoms with Crippen LogP contribution in [0.3, 0.4) is 0 Å². The SMILES string of the molecule is C=C(c1ccc2coccc1-2)C(Cl)(Cl)Cl. The van der Waals surface area contributed by atoms with Gasteiger partial charge in [-0.2, -0.15) is 0 Å². The van der Waals surface area contributed by atoms with E-state index in [0.717, 1.165) is 16.7 Å². The number of halogens is 3. The highest BCUT2D eigenvalue weighted by atomic mass is 35.6. The van der Waals surface area contributed by atoms with Crippen molar-refractivity contribution in [2.45, 2.75) is 3.79 Å². The zero-order valence-corrected chi connectivity index (χ0v) is 9.90. The third-order valence-electron chi connectivity index (χ3n) is 2.21. The molecule has 2 aliphatic rings. The number of rotatable bonds is 1. The van der Waals surface area contributed by atoms with Crippen LogP contribution in [-0.4, -0.2) is 3.79 Å². The van der Waals surface area contributed by atoms with Crippen LogP contribution in [0.4, 0.5) is 0 Å². The van der Waals surface area contributed by atoms with E-state index in [4.69, 9.17) is 39.2 Å². The molecule has 0 fully saturated rings. The smallest absolute Gasteiger partial charge is 0.216 e. The van der Waals surface area contributed by atoms with E-state index in [2.05, 4.69) is 6.58 Å². The van der Waals surface area contributed by atoms with E-state index >= 15 is 0 Å². The molecule has 0 aromatic rings. The minimum atomic E-state index is -1.48. The first-order valence-electron chi connectivity index (χ1n) is 4.21. The van der Waals surface area contributed by atoms with Crippen LogP contribution < -0.4 is 0 Å². The van der Waals surface area contributed by atoms with E-state index in [-0.39, 0.29) is 0 Å². The van der Waals surface area contributed by atoms with Crippen molar-refractivity contribution >= 4 is 40.4 Å². The number of hydrogen-bond acceptors (Lipinski definition) is 1. The van der Waals surface area contributed by atoms with Gasteiger partial charge in [0.15, 0.2) is 0 Å². The van der Waals surface area contributed by atoms with Gasteiger partial charge in [-0.1, -0.05) is 53.5 Å². The molecule has 0 N–H and O–H groups in total. The van der Waals surface area contributed by atoms with Crippen molar-refractivity contribution in [1.29, 1.82) is 0 Å². The highest BCUT2D eigenvalue weighted by molar-refractivity contribution is 6.72. The average Bonchev–Trinajstić information content (AvgIpc) is 2.58. The van der Waals surface area contributed by atoms with Crippen LogP contribution in [0.1, 0.15) is 5.56 Å². The van der Waals surface area contributed by atoms with Crippen molar-refractivity contribution in [1.82, 2.24) is 0 Å². The fraction of sp³-hybridized carbons (Fsp3) is 0.0909. The summed E-state index contributed by atoms with van der Waals surface area (Å²) in [6.07, 6.45) is 3.22. The van der Waals surface area contributed by atoms with E-state index in [1.165, 1.54) is 0 Å². The lowest BCUT2D eigenvalue weighted by molar-refractivity contribution is 0.552. The van der Waals surface area contributed by atoms with Crippen LogP contribution >= 0.6 is 34.8 Å². The molecule has 4 heteroatoms. The Labute approximate surface area is 103 Å². The van der Waals surface area contributed by atoms with Crippen molar-refractivity contribution in [2.75, 3.05) is 0 Å². The Morgan fingerprint density at radius 1 is 1.20 bits per heavy atom. The van der Waals surface area contributed by atoms with Crippen LogP contribution in [0.15, 0.2) is 41.7 Å². The van der Waals surface area contributed by atoms with Gasteiger partial charge in [0.2, 0.25) is 3.79 Å². The number of alkyl halides is 3. The monoisotopic (exact) mass is 260 g/mol. The molecule has 0 unspecified atom stereocenters. The second-order valence-electron chi connectivity index (χ2n) is 3.15. The van der Waals surface area contributed by atoms with Crippen LogP contribution in [-0.2, 0) is 0 Å². The summed E-state index contributed by atoms with van der Waals surface area (Å²) in [5.74, 6) is 0. The lowest BCUT2D eigenvalue weighted by Crippen LogP contribution is -2.04. The molecule has 78 valence electrons. The summed E-state index contributed by atoms with van der Waals surface area (Å²) in [7, 11) is 0. The van der Waals surface area contributed by atoms with Crippen LogP contribution in [0, 0.1) is 0 Å². The van der Waals surface area contributed by atoms with E-state index < -0.39 is 3.79 Å². The Morgan fingerprint density at radius 3 is 2.60 bits per heavy atom. The Bertz CT molecular complexity index is 467. The topological polar surface area (TPSA) is 13.1 Å². The summed E-state index contributed by atoms with van der Waals surface area (Å²) in [4.78, 5) is 0. The molecule has 0 amide bonds. The first-order valence-corrected chi connectivity index (χ1v) is 5.35. The van der Waals surface area contributed by atoms with Gasteiger partial charge in [0.05, 0.1) is 12.5 Å². The molecule has 0 aromatic heterocycles. The molecule has 0 bridgehead atoms. The van der Waals surface area contributed by atoms with E-state index in [1.54, 1.807) is 12.5 Å². The summed E-state index contributed by atoms with van der Waals surface area (Å²) in [5.41, 5.74) is 3.23. The predicted octanol–water partition coefficient (Wildman–Crippen LogP) is 4.77. The molecule has 2 rings (SSSR count). The molecular formula is C11H7Cl3O. The molecule has 0 atom stereocenters. The predicted molar refractivity (Wildman–Crippen MR) is 64.7 cm³/mol. The number of fused-ring (bicyclic) bond motifs is 1. The lowest BCUT2D eigenvalue weighted by Gasteiger charge is -2.14. The van der Waals surface area contributed by atoms with Gasteiger partial charge in [-0.05, 0) is 17.2 Å². The molecular weight excluding hydrogens is 254 g/mol. The van der Waals surface area contributed by atoms with Gasteiger partial charge in [0.1, 0.15) is 0 Å². The lowest BCUT2D eigenvalue weighted by atomic mass is 10.1. The van der Waals surface area contributed by atoms with Crippen molar-refractivity contribution in [3.8, 4) is 11.1 Å². The van der Waals surface area contributed by atoms with Crippen LogP contribution in [0.5, 0.6) is 0 Å². The normalized spacial score (nSPS) is 11.9. The first kappa shape index (κ1) is 10.9. The third-order valence-corrected chi connectivity index (χ3v) is 2.89. The van der Waals surface area contributed by atoms with Crippen molar-refractivity contribution in [3.63, 3.8) is 0 Å². The van der Waals surface area contributed by atoms with E-state index in [0.29, 0.717) is 5.57 Å². The molecule has 1 aliphatic carbocycles. The van der Waals surface area contributed by atoms with Gasteiger partial charge in [0, 0.05) is 11.1 Å². The fourth-order valence-electron chi connectivity index (χ4n) is 1.43. The number of allylic oxidation sites excluding steroid dienone is 1. The van der Waals surface area contributed by atoms with Crippen molar-refractivity contribution in [3.05, 3.63) is 42.9 Å². The third kappa shape index (κ3) is 2.00. The highest BCUT2D eigenvalue weighted by Crippen LogP contribution is 2.43. The van der Waals surface area contributed by atoms with Gasteiger partial charge in [-0.3, -0.25) is 0 Å². The largest absolute Gasteiger partial charge is 0.472 e. The van der Waals surface area contributed by atoms with Crippen molar-refractivity contribution < 1.29 is 4.42 Å². The maximum Gasteiger partial charge on any atom is 0.216 e. The minimum absolute atomic E-state index is 0.466. The first-order chi connectivity index (χ1) is 7.00. The van der Waals surface area contributed by atoms with Crippen LogP contribution in [0.2, 0.25) is 0 Å². The summed E-state index contributed by atoms with van der Waals surface area (Å²) >= 11 is 17.4. The molecule has 1 nitrogen and oxygen atoms in total. The Morgan fingerprint density at radius 2 is 1.93 bits per heavy atom. The van der Waals surface area contributed by atoms with Gasteiger partial charge < -0.3 is 4.42 Å². The highest BCUT2D eigenvalue weighted by Gasteiger charge is 2.28. The summed E-state index contributed by atoms with van der Waals surface area (Å²) in [6.45, 7) is 3.79. The molecule has 0 spiro atoms. The zero-order chi connectivity index (χ0) is 11.1. The maximum atomic E-state index is 5.78.